The molecule has 6 rings (SSSR count). The maximum Gasteiger partial charge on any atom is 0.413 e. The molecule has 0 radical (unpaired) electrons. The first-order valence-corrected chi connectivity index (χ1v) is 20.3. The molecule has 1 heterocycles. The summed E-state index contributed by atoms with van der Waals surface area (Å²) in [5.74, 6) is 0.0640. The molecule has 0 aliphatic carbocycles. The number of hydrogen-bond acceptors (Lipinski definition) is 6. The second-order valence-corrected chi connectivity index (χ2v) is 17.4. The Kier molecular flexibility index (Phi) is 14.0. The van der Waals surface area contributed by atoms with Gasteiger partial charge in [-0.05, 0) is 101 Å². The quantitative estimate of drug-likeness (QED) is 0.113. The van der Waals surface area contributed by atoms with Gasteiger partial charge in [-0.15, -0.1) is 0 Å². The highest BCUT2D eigenvalue weighted by Gasteiger charge is 2.44. The summed E-state index contributed by atoms with van der Waals surface area (Å²) in [4.78, 5) is 38.6. The molecule has 55 heavy (non-hydrogen) atoms. The van der Waals surface area contributed by atoms with Gasteiger partial charge in [0.25, 0.3) is 0 Å². The lowest BCUT2D eigenvalue weighted by atomic mass is 10.0. The monoisotopic (exact) mass is 820 g/mol. The third-order valence-electron chi connectivity index (χ3n) is 9.06. The van der Waals surface area contributed by atoms with Gasteiger partial charge in [-0.2, -0.15) is 0 Å². The Labute approximate surface area is 333 Å². The van der Waals surface area contributed by atoms with Crippen LogP contribution in [0.1, 0.15) is 46.1 Å². The van der Waals surface area contributed by atoms with Gasteiger partial charge in [0.2, 0.25) is 5.75 Å². The smallest absolute Gasteiger partial charge is 0.413 e. The fraction of sp³-hybridized carbons (Fsp3) is 0.222. The van der Waals surface area contributed by atoms with Gasteiger partial charge in [-0.3, -0.25) is 4.79 Å². The third-order valence-corrected chi connectivity index (χ3v) is 13.6. The van der Waals surface area contributed by atoms with Crippen LogP contribution in [0.5, 0.6) is 11.5 Å². The van der Waals surface area contributed by atoms with Gasteiger partial charge in [-0.1, -0.05) is 78.9 Å². The van der Waals surface area contributed by atoms with Crippen molar-refractivity contribution in [1.82, 2.24) is 10.6 Å². The van der Waals surface area contributed by atoms with Crippen molar-refractivity contribution >= 4 is 46.3 Å². The van der Waals surface area contributed by atoms with Gasteiger partial charge in [-0.25, -0.2) is 9.59 Å². The molecule has 5 aromatic carbocycles. The number of fused-ring (bicyclic) bond motifs is 1. The van der Waals surface area contributed by atoms with E-state index in [0.29, 0.717) is 11.3 Å². The average molecular weight is 822 g/mol. The lowest BCUT2D eigenvalue weighted by Crippen LogP contribution is -3.00. The minimum atomic E-state index is -1.89. The highest BCUT2D eigenvalue weighted by atomic mass is 79.9. The van der Waals surface area contributed by atoms with Gasteiger partial charge in [0, 0.05) is 23.7 Å². The highest BCUT2D eigenvalue weighted by molar-refractivity contribution is 7.95. The number of rotatable bonds is 13. The molecule has 0 saturated carbocycles. The molecule has 0 atom stereocenters. The Bertz CT molecular complexity index is 2150. The number of carbonyl (C=O) groups excluding carboxylic acids is 2. The van der Waals surface area contributed by atoms with E-state index in [1.54, 1.807) is 27.7 Å². The summed E-state index contributed by atoms with van der Waals surface area (Å²) in [5.41, 5.74) is 1.52. The number of benzene rings is 5. The molecule has 8 nitrogen and oxygen atoms in total. The third kappa shape index (κ3) is 9.90. The Morgan fingerprint density at radius 2 is 1.16 bits per heavy atom. The normalized spacial score (nSPS) is 11.2. The maximum atomic E-state index is 13.4. The van der Waals surface area contributed by atoms with Crippen molar-refractivity contribution < 1.29 is 40.5 Å². The lowest BCUT2D eigenvalue weighted by molar-refractivity contribution is -0.0000215. The number of carbonyl (C=O) groups is 2. The van der Waals surface area contributed by atoms with Crippen LogP contribution in [0.2, 0.25) is 0 Å². The van der Waals surface area contributed by atoms with E-state index in [0.717, 1.165) is 25.4 Å². The van der Waals surface area contributed by atoms with E-state index >= 15 is 0 Å². The van der Waals surface area contributed by atoms with Crippen LogP contribution in [0.3, 0.4) is 0 Å². The first kappa shape index (κ1) is 40.9. The van der Waals surface area contributed by atoms with Crippen LogP contribution in [0.25, 0.3) is 22.3 Å². The molecule has 284 valence electrons. The molecule has 0 bridgehead atoms. The zero-order valence-electron chi connectivity index (χ0n) is 31.5. The summed E-state index contributed by atoms with van der Waals surface area (Å²) in [5, 5.41) is 9.63. The van der Waals surface area contributed by atoms with Gasteiger partial charge in [0.15, 0.2) is 16.8 Å². The van der Waals surface area contributed by atoms with Crippen LogP contribution in [0.4, 0.5) is 9.59 Å². The van der Waals surface area contributed by atoms with Gasteiger partial charge >= 0.3 is 12.2 Å². The van der Waals surface area contributed by atoms with Crippen molar-refractivity contribution in [2.24, 2.45) is 0 Å². The molecule has 1 aromatic heterocycles. The molecule has 2 N–H and O–H groups in total. The van der Waals surface area contributed by atoms with Crippen LogP contribution in [0, 0.1) is 0 Å². The van der Waals surface area contributed by atoms with Crippen LogP contribution in [-0.2, 0) is 6.42 Å². The van der Waals surface area contributed by atoms with Crippen molar-refractivity contribution in [3.63, 3.8) is 0 Å². The van der Waals surface area contributed by atoms with E-state index in [2.05, 4.69) is 114 Å². The Morgan fingerprint density at radius 1 is 0.655 bits per heavy atom. The standard InChI is InChI=1S/C45H45N2O6P.BrH/c1-31(2)46-44(49)52-40-28-27-38-39(48)30-41(51-42(38)43(40)53-45(50)47-32(3)4)34-25-23-33(24-26-34)16-14-15-29-54(35-17-8-5-9-18-35,36-19-10-6-11-20-36)37-21-12-7-13-22-37;/h5-13,17-28,30-32H,14-16,29H2,1-4H3,(H-,46,47,49,50);1H. The number of aryl methyl sites for hydroxylation is 1. The van der Waals surface area contributed by atoms with E-state index in [9.17, 15) is 14.4 Å². The number of halogens is 1. The van der Waals surface area contributed by atoms with Crippen LogP contribution >= 0.6 is 7.26 Å². The molecule has 0 aliphatic heterocycles. The molecule has 0 saturated heterocycles. The average Bonchev–Trinajstić information content (AvgIpc) is 3.16. The molecular formula is C45H46BrN2O6P. The van der Waals surface area contributed by atoms with Crippen LogP contribution in [0.15, 0.2) is 143 Å². The molecule has 6 aromatic rings. The Morgan fingerprint density at radius 3 is 1.67 bits per heavy atom. The zero-order chi connectivity index (χ0) is 38.1. The highest BCUT2D eigenvalue weighted by Crippen LogP contribution is 2.56. The first-order valence-electron chi connectivity index (χ1n) is 18.4. The molecule has 0 spiro atoms. The van der Waals surface area contributed by atoms with Crippen molar-refractivity contribution in [1.29, 1.82) is 0 Å². The number of amides is 2. The maximum absolute atomic E-state index is 13.4. The fourth-order valence-corrected chi connectivity index (χ4v) is 11.0. The number of ether oxygens (including phenoxy) is 2. The van der Waals surface area contributed by atoms with Gasteiger partial charge in [0.1, 0.15) is 28.9 Å². The molecule has 10 heteroatoms. The summed E-state index contributed by atoms with van der Waals surface area (Å²) in [6.45, 7) is 7.16. The summed E-state index contributed by atoms with van der Waals surface area (Å²) in [7, 11) is -1.89. The van der Waals surface area contributed by atoms with E-state index in [1.807, 2.05) is 12.1 Å². The van der Waals surface area contributed by atoms with Crippen LogP contribution < -0.4 is 58.4 Å². The largest absolute Gasteiger partial charge is 1.00 e. The molecule has 2 amide bonds. The lowest BCUT2D eigenvalue weighted by Gasteiger charge is -2.27. The predicted molar refractivity (Wildman–Crippen MR) is 219 cm³/mol. The Balaban J connectivity index is 0.00000580. The minimum Gasteiger partial charge on any atom is -1.00 e. The summed E-state index contributed by atoms with van der Waals surface area (Å²) < 4.78 is 17.4. The first-order chi connectivity index (χ1) is 26.1. The molecule has 0 aliphatic rings. The summed E-state index contributed by atoms with van der Waals surface area (Å²) >= 11 is 0. The van der Waals surface area contributed by atoms with E-state index in [4.69, 9.17) is 13.9 Å². The predicted octanol–water partition coefficient (Wildman–Crippen LogP) is 5.77. The minimum absolute atomic E-state index is 0. The zero-order valence-corrected chi connectivity index (χ0v) is 33.9. The number of nitrogens with one attached hydrogen (secondary N) is 2. The van der Waals surface area contributed by atoms with E-state index in [1.165, 1.54) is 39.7 Å². The van der Waals surface area contributed by atoms with E-state index in [-0.39, 0.29) is 57.0 Å². The molecule has 0 unspecified atom stereocenters. The fourth-order valence-electron chi connectivity index (χ4n) is 6.61. The molecule has 0 fully saturated rings. The van der Waals surface area contributed by atoms with Gasteiger partial charge < -0.3 is 41.5 Å². The molecular weight excluding hydrogens is 775 g/mol. The van der Waals surface area contributed by atoms with Crippen molar-refractivity contribution in [2.75, 3.05) is 6.16 Å². The van der Waals surface area contributed by atoms with Crippen molar-refractivity contribution in [3.8, 4) is 22.8 Å². The number of unbranched alkanes of at least 4 members (excludes halogenated alkanes) is 1. The Hall–Kier alpha value is -5.24. The summed E-state index contributed by atoms with van der Waals surface area (Å²) in [6, 6.07) is 44.7. The van der Waals surface area contributed by atoms with E-state index < -0.39 is 19.4 Å². The van der Waals surface area contributed by atoms with Crippen molar-refractivity contribution in [2.45, 2.75) is 59.0 Å². The second-order valence-electron chi connectivity index (χ2n) is 13.8. The number of hydrogen-bond donors (Lipinski definition) is 2. The SMILES string of the molecule is CC(C)NC(=O)Oc1ccc2c(=O)cc(-c3ccc(CCCC[P+](c4ccccc4)(c4ccccc4)c4ccccc4)cc3)oc2c1OC(=O)NC(C)C.[Br-]. The van der Waals surface area contributed by atoms with Gasteiger partial charge in [0.05, 0.1) is 11.5 Å². The summed E-state index contributed by atoms with van der Waals surface area (Å²) in [6.07, 6.45) is 2.48. The van der Waals surface area contributed by atoms with Crippen LogP contribution in [-0.4, -0.2) is 30.4 Å². The second kappa shape index (κ2) is 18.9. The topological polar surface area (TPSA) is 107 Å². The van der Waals surface area contributed by atoms with Crippen molar-refractivity contribution in [3.05, 3.63) is 149 Å².